The van der Waals surface area contributed by atoms with Crippen molar-refractivity contribution in [2.24, 2.45) is 0 Å². The molecule has 316 valence electrons. The molecule has 0 spiro atoms. The van der Waals surface area contributed by atoms with Gasteiger partial charge in [0.25, 0.3) is 0 Å². The zero-order chi connectivity index (χ0) is 44.4. The van der Waals surface area contributed by atoms with Crippen molar-refractivity contribution in [3.05, 3.63) is 248 Å². The van der Waals surface area contributed by atoms with E-state index in [9.17, 15) is 4.79 Å². The maximum atomic E-state index is 14.0. The number of carbonyl (C=O) groups is 1. The lowest BCUT2D eigenvalue weighted by Crippen LogP contribution is -2.10. The van der Waals surface area contributed by atoms with Gasteiger partial charge in [-0.15, -0.1) is 0 Å². The summed E-state index contributed by atoms with van der Waals surface area (Å²) in [5.74, 6) is -0.367. The van der Waals surface area contributed by atoms with Gasteiger partial charge in [-0.05, 0) is 125 Å². The highest BCUT2D eigenvalue weighted by Gasteiger charge is 2.22. The highest BCUT2D eigenvalue weighted by atomic mass is 16.5. The van der Waals surface area contributed by atoms with Crippen LogP contribution in [0.2, 0.25) is 0 Å². The Labute approximate surface area is 386 Å². The molecule has 0 aliphatic heterocycles. The number of hydrogen-bond donors (Lipinski definition) is 0. The Bertz CT molecular complexity index is 3830. The summed E-state index contributed by atoms with van der Waals surface area (Å²) in [5.41, 5.74) is 15.7. The predicted octanol–water partition coefficient (Wildman–Crippen LogP) is 15.7. The summed E-state index contributed by atoms with van der Waals surface area (Å²) >= 11 is 0. The average molecular weight is 860 g/mol. The van der Waals surface area contributed by atoms with Crippen LogP contribution in [0, 0.1) is 0 Å². The van der Waals surface area contributed by atoms with Crippen LogP contribution in [0.3, 0.4) is 0 Å². The van der Waals surface area contributed by atoms with Gasteiger partial charge in [0.05, 0.1) is 44.4 Å². The molecule has 0 aliphatic carbocycles. The van der Waals surface area contributed by atoms with E-state index in [0.717, 1.165) is 77.7 Å². The Kier molecular flexibility index (Phi) is 9.00. The van der Waals surface area contributed by atoms with Crippen molar-refractivity contribution < 1.29 is 9.53 Å². The number of aromatic nitrogens is 3. The molecule has 0 fully saturated rings. The van der Waals surface area contributed by atoms with Gasteiger partial charge in [-0.3, -0.25) is 0 Å². The van der Waals surface area contributed by atoms with Crippen molar-refractivity contribution in [3.8, 4) is 39.3 Å². The smallest absolute Gasteiger partial charge is 0.340 e. The van der Waals surface area contributed by atoms with Gasteiger partial charge in [-0.2, -0.15) is 0 Å². The molecule has 0 saturated carbocycles. The van der Waals surface area contributed by atoms with E-state index >= 15 is 0 Å². The van der Waals surface area contributed by atoms with Gasteiger partial charge >= 0.3 is 5.97 Å². The SMILES string of the molecule is O=C(OCc1ccccc1)c1ccccc1-n1c2ccc(-c3ccc4c(c3)c3ccccc3n4-c3ccccc3)cc2c2cc(-c3ccc4c(c3)c3ccccc3n4-c3ccccc3)ccc21. The third-order valence-electron chi connectivity index (χ3n) is 13.4. The second kappa shape index (κ2) is 15.7. The van der Waals surface area contributed by atoms with E-state index in [0.29, 0.717) is 5.56 Å². The maximum Gasteiger partial charge on any atom is 0.340 e. The third-order valence-corrected chi connectivity index (χ3v) is 13.4. The highest BCUT2D eigenvalue weighted by molar-refractivity contribution is 6.15. The Hall–Kier alpha value is -8.93. The number of carbonyl (C=O) groups excluding carboxylic acids is 1. The molecule has 13 aromatic rings. The van der Waals surface area contributed by atoms with Gasteiger partial charge in [0.15, 0.2) is 0 Å². The summed E-state index contributed by atoms with van der Waals surface area (Å²) < 4.78 is 12.9. The summed E-state index contributed by atoms with van der Waals surface area (Å²) in [4.78, 5) is 14.0. The molecule has 0 amide bonds. The van der Waals surface area contributed by atoms with Gasteiger partial charge < -0.3 is 18.4 Å². The molecule has 3 aromatic heterocycles. The van der Waals surface area contributed by atoms with Crippen molar-refractivity contribution in [3.63, 3.8) is 0 Å². The number of hydrogen-bond acceptors (Lipinski definition) is 2. The summed E-state index contributed by atoms with van der Waals surface area (Å²) in [6, 6.07) is 83.2. The second-order valence-corrected chi connectivity index (χ2v) is 17.2. The molecule has 0 radical (unpaired) electrons. The number of ether oxygens (including phenoxy) is 1. The van der Waals surface area contributed by atoms with Crippen molar-refractivity contribution >= 4 is 71.4 Å². The zero-order valence-corrected chi connectivity index (χ0v) is 36.4. The molecule has 10 aromatic carbocycles. The first-order valence-corrected chi connectivity index (χ1v) is 22.7. The first kappa shape index (κ1) is 38.5. The molecule has 5 heteroatoms. The minimum absolute atomic E-state index is 0.191. The van der Waals surface area contributed by atoms with Crippen LogP contribution >= 0.6 is 0 Å². The molecule has 13 rings (SSSR count). The fourth-order valence-corrected chi connectivity index (χ4v) is 10.3. The molecular weight excluding hydrogens is 819 g/mol. The number of esters is 1. The molecule has 67 heavy (non-hydrogen) atoms. The van der Waals surface area contributed by atoms with E-state index in [-0.39, 0.29) is 12.6 Å². The number of rotatable bonds is 8. The molecule has 5 nitrogen and oxygen atoms in total. The van der Waals surface area contributed by atoms with Crippen LogP contribution in [0.25, 0.3) is 105 Å². The van der Waals surface area contributed by atoms with Crippen LogP contribution in [0.4, 0.5) is 0 Å². The van der Waals surface area contributed by atoms with Gasteiger partial charge in [-0.1, -0.05) is 140 Å². The van der Waals surface area contributed by atoms with E-state index in [1.54, 1.807) is 0 Å². The van der Waals surface area contributed by atoms with Gasteiger partial charge in [0, 0.05) is 43.7 Å². The van der Waals surface area contributed by atoms with Crippen LogP contribution in [-0.4, -0.2) is 19.7 Å². The van der Waals surface area contributed by atoms with Crippen molar-refractivity contribution in [2.45, 2.75) is 6.61 Å². The summed E-state index contributed by atoms with van der Waals surface area (Å²) in [6.45, 7) is 0.191. The quantitative estimate of drug-likeness (QED) is 0.143. The number of para-hydroxylation sites is 5. The lowest BCUT2D eigenvalue weighted by molar-refractivity contribution is 0.0473. The standard InChI is InChI=1S/C62H41N3O2/c66-62(67-40-41-16-4-1-5-17-41)50-24-12-15-27-57(50)65-60-34-30-44(42-28-32-58-51(36-42)48-22-10-13-25-55(48)63(58)46-18-6-2-7-19-46)38-53(60)54-39-45(31-35-61(54)65)43-29-33-59-52(37-43)49-23-11-14-26-56(49)64(59)47-20-8-3-9-21-47/h1-39H,40H2. The van der Waals surface area contributed by atoms with Crippen molar-refractivity contribution in [1.29, 1.82) is 0 Å². The van der Waals surface area contributed by atoms with Crippen molar-refractivity contribution in [2.75, 3.05) is 0 Å². The van der Waals surface area contributed by atoms with E-state index in [1.807, 2.05) is 54.6 Å². The molecular formula is C62H41N3O2. The molecule has 0 bridgehead atoms. The predicted molar refractivity (Wildman–Crippen MR) is 276 cm³/mol. The zero-order valence-electron chi connectivity index (χ0n) is 36.4. The minimum Gasteiger partial charge on any atom is -0.457 e. The molecule has 0 aliphatic rings. The van der Waals surface area contributed by atoms with E-state index in [1.165, 1.54) is 32.6 Å². The number of nitrogens with zero attached hydrogens (tertiary/aromatic N) is 3. The van der Waals surface area contributed by atoms with Crippen LogP contribution < -0.4 is 0 Å². The van der Waals surface area contributed by atoms with Crippen LogP contribution in [0.15, 0.2) is 237 Å². The Morgan fingerprint density at radius 3 is 1.16 bits per heavy atom. The fraction of sp³-hybridized carbons (Fsp3) is 0.0161. The lowest BCUT2D eigenvalue weighted by atomic mass is 9.98. The Morgan fingerprint density at radius 1 is 0.328 bits per heavy atom. The molecule has 0 N–H and O–H groups in total. The monoisotopic (exact) mass is 859 g/mol. The lowest BCUT2D eigenvalue weighted by Gasteiger charge is -2.14. The number of fused-ring (bicyclic) bond motifs is 9. The van der Waals surface area contributed by atoms with E-state index < -0.39 is 0 Å². The fourth-order valence-electron chi connectivity index (χ4n) is 10.3. The van der Waals surface area contributed by atoms with E-state index in [4.69, 9.17) is 4.74 Å². The normalized spacial score (nSPS) is 11.7. The van der Waals surface area contributed by atoms with Crippen LogP contribution in [0.5, 0.6) is 0 Å². The summed E-state index contributed by atoms with van der Waals surface area (Å²) in [6.07, 6.45) is 0. The van der Waals surface area contributed by atoms with Crippen LogP contribution in [-0.2, 0) is 11.3 Å². The maximum absolute atomic E-state index is 14.0. The van der Waals surface area contributed by atoms with Gasteiger partial charge in [0.1, 0.15) is 6.61 Å². The second-order valence-electron chi connectivity index (χ2n) is 17.2. The minimum atomic E-state index is -0.367. The Morgan fingerprint density at radius 2 is 0.687 bits per heavy atom. The summed E-state index contributed by atoms with van der Waals surface area (Å²) in [7, 11) is 0. The molecule has 3 heterocycles. The molecule has 0 unspecified atom stereocenters. The first-order valence-electron chi connectivity index (χ1n) is 22.7. The third kappa shape index (κ3) is 6.35. The van der Waals surface area contributed by atoms with Gasteiger partial charge in [0.2, 0.25) is 0 Å². The average Bonchev–Trinajstić information content (AvgIpc) is 4.03. The first-order chi connectivity index (χ1) is 33.2. The molecule has 0 saturated heterocycles. The highest BCUT2D eigenvalue weighted by Crippen LogP contribution is 2.41. The number of benzene rings is 10. The van der Waals surface area contributed by atoms with Gasteiger partial charge in [-0.25, -0.2) is 4.79 Å². The summed E-state index contributed by atoms with van der Waals surface area (Å²) in [5, 5.41) is 7.02. The van der Waals surface area contributed by atoms with E-state index in [2.05, 4.69) is 196 Å². The van der Waals surface area contributed by atoms with Crippen molar-refractivity contribution in [1.82, 2.24) is 13.7 Å². The largest absolute Gasteiger partial charge is 0.457 e. The molecule has 0 atom stereocenters. The Balaban J connectivity index is 0.997. The van der Waals surface area contributed by atoms with Crippen LogP contribution in [0.1, 0.15) is 15.9 Å². The topological polar surface area (TPSA) is 41.1 Å².